The lowest BCUT2D eigenvalue weighted by Gasteiger charge is -2.34. The first-order valence-electron chi connectivity index (χ1n) is 9.91. The summed E-state index contributed by atoms with van der Waals surface area (Å²) in [5.41, 5.74) is -0.0265. The number of rotatable bonds is 5. The number of hydrogen-bond acceptors (Lipinski definition) is 3. The number of piperidine rings is 1. The van der Waals surface area contributed by atoms with E-state index in [-0.39, 0.29) is 47.9 Å². The maximum Gasteiger partial charge on any atom is 0.435 e. The van der Waals surface area contributed by atoms with Gasteiger partial charge >= 0.3 is 6.18 Å². The summed E-state index contributed by atoms with van der Waals surface area (Å²) in [6.07, 6.45) is -1.56. The first-order chi connectivity index (χ1) is 14.3. The largest absolute Gasteiger partial charge is 0.435 e. The summed E-state index contributed by atoms with van der Waals surface area (Å²) in [5.74, 6) is 0.210. The van der Waals surface area contributed by atoms with Crippen molar-refractivity contribution in [2.24, 2.45) is 12.0 Å². The molecule has 0 spiro atoms. The Kier molecular flexibility index (Phi) is 8.95. The van der Waals surface area contributed by atoms with Crippen LogP contribution in [0.15, 0.2) is 35.5 Å². The molecule has 1 aromatic carbocycles. The zero-order valence-corrected chi connectivity index (χ0v) is 19.7. The van der Waals surface area contributed by atoms with Crippen molar-refractivity contribution in [1.82, 2.24) is 20.4 Å². The van der Waals surface area contributed by atoms with Crippen molar-refractivity contribution in [2.75, 3.05) is 24.5 Å². The van der Waals surface area contributed by atoms with Crippen molar-refractivity contribution in [2.45, 2.75) is 38.5 Å². The van der Waals surface area contributed by atoms with Gasteiger partial charge in [0.25, 0.3) is 0 Å². The molecule has 11 heteroatoms. The summed E-state index contributed by atoms with van der Waals surface area (Å²) in [7, 11) is 1.46. The van der Waals surface area contributed by atoms with Crippen LogP contribution < -0.4 is 15.5 Å². The molecule has 31 heavy (non-hydrogen) atoms. The standard InChI is InChI=1S/C20H26F4N6.HI/c1-3-25-19(26-12-14-13-29(2)28-18(14)20(22,23)24)27-16-7-9-30(10-8-16)17-6-4-5-15(21)11-17;/h4-6,11,13,16H,3,7-10,12H2,1-2H3,(H2,25,26,27);1H. The number of nitrogens with zero attached hydrogens (tertiary/aromatic N) is 4. The topological polar surface area (TPSA) is 57.5 Å². The van der Waals surface area contributed by atoms with Gasteiger partial charge in [-0.05, 0) is 38.0 Å². The Morgan fingerprint density at radius 1 is 1.26 bits per heavy atom. The average molecular weight is 554 g/mol. The zero-order valence-electron chi connectivity index (χ0n) is 17.4. The van der Waals surface area contributed by atoms with Crippen LogP contribution in [0, 0.1) is 5.82 Å². The van der Waals surface area contributed by atoms with Crippen LogP contribution in [0.5, 0.6) is 0 Å². The number of aliphatic imine (C=N–C) groups is 1. The molecular weight excluding hydrogens is 527 g/mol. The van der Waals surface area contributed by atoms with Crippen molar-refractivity contribution in [1.29, 1.82) is 0 Å². The second-order valence-electron chi connectivity index (χ2n) is 7.26. The fourth-order valence-corrected chi connectivity index (χ4v) is 3.52. The maximum atomic E-state index is 13.4. The average Bonchev–Trinajstić information content (AvgIpc) is 3.08. The van der Waals surface area contributed by atoms with E-state index in [4.69, 9.17) is 0 Å². The SMILES string of the molecule is CCNC(=NCc1cn(C)nc1C(F)(F)F)NC1CCN(c2cccc(F)c2)CC1.I. The second-order valence-corrected chi connectivity index (χ2v) is 7.26. The highest BCUT2D eigenvalue weighted by Crippen LogP contribution is 2.30. The molecule has 3 rings (SSSR count). The van der Waals surface area contributed by atoms with Gasteiger partial charge in [-0.2, -0.15) is 18.3 Å². The normalized spacial score (nSPS) is 15.5. The third kappa shape index (κ3) is 6.97. The van der Waals surface area contributed by atoms with Crippen LogP contribution in [0.4, 0.5) is 23.2 Å². The fraction of sp³-hybridized carbons (Fsp3) is 0.500. The molecule has 2 heterocycles. The molecule has 1 saturated heterocycles. The van der Waals surface area contributed by atoms with E-state index in [0.717, 1.165) is 36.3 Å². The number of benzene rings is 1. The molecule has 0 saturated carbocycles. The highest BCUT2D eigenvalue weighted by Gasteiger charge is 2.36. The Labute approximate surface area is 196 Å². The molecule has 1 aliphatic rings. The molecule has 2 N–H and O–H groups in total. The number of aromatic nitrogens is 2. The Morgan fingerprint density at radius 2 is 1.97 bits per heavy atom. The van der Waals surface area contributed by atoms with Gasteiger partial charge in [-0.1, -0.05) is 6.07 Å². The van der Waals surface area contributed by atoms with Gasteiger partial charge in [0.1, 0.15) is 5.82 Å². The lowest BCUT2D eigenvalue weighted by atomic mass is 10.0. The summed E-state index contributed by atoms with van der Waals surface area (Å²) in [5, 5.41) is 9.90. The van der Waals surface area contributed by atoms with E-state index in [1.165, 1.54) is 25.4 Å². The molecule has 0 radical (unpaired) electrons. The van der Waals surface area contributed by atoms with Crippen molar-refractivity contribution in [3.63, 3.8) is 0 Å². The maximum absolute atomic E-state index is 13.4. The fourth-order valence-electron chi connectivity index (χ4n) is 3.52. The van der Waals surface area contributed by atoms with Crippen LogP contribution in [-0.4, -0.2) is 41.4 Å². The van der Waals surface area contributed by atoms with E-state index in [1.807, 2.05) is 13.0 Å². The van der Waals surface area contributed by atoms with Crippen LogP contribution in [-0.2, 0) is 19.8 Å². The van der Waals surface area contributed by atoms with Crippen molar-refractivity contribution >= 4 is 35.6 Å². The molecule has 1 aromatic heterocycles. The predicted octanol–water partition coefficient (Wildman–Crippen LogP) is 3.92. The molecule has 2 aromatic rings. The summed E-state index contributed by atoms with van der Waals surface area (Å²) in [6.45, 7) is 3.87. The predicted molar refractivity (Wildman–Crippen MR) is 123 cm³/mol. The summed E-state index contributed by atoms with van der Waals surface area (Å²) >= 11 is 0. The lowest BCUT2D eigenvalue weighted by molar-refractivity contribution is -0.142. The van der Waals surface area contributed by atoms with Gasteiger partial charge in [0, 0.05) is 50.2 Å². The summed E-state index contributed by atoms with van der Waals surface area (Å²) in [6, 6.07) is 6.64. The molecule has 172 valence electrons. The molecule has 1 aliphatic heterocycles. The Bertz CT molecular complexity index is 875. The van der Waals surface area contributed by atoms with Gasteiger partial charge < -0.3 is 15.5 Å². The Hall–Kier alpha value is -2.05. The smallest absolute Gasteiger partial charge is 0.371 e. The number of guanidine groups is 1. The minimum Gasteiger partial charge on any atom is -0.371 e. The van der Waals surface area contributed by atoms with Crippen molar-refractivity contribution in [3.8, 4) is 0 Å². The van der Waals surface area contributed by atoms with Crippen LogP contribution in [0.25, 0.3) is 0 Å². The van der Waals surface area contributed by atoms with E-state index < -0.39 is 11.9 Å². The number of aryl methyl sites for hydroxylation is 1. The van der Waals surface area contributed by atoms with Crippen molar-refractivity contribution in [3.05, 3.63) is 47.5 Å². The van der Waals surface area contributed by atoms with E-state index in [1.54, 1.807) is 6.07 Å². The van der Waals surface area contributed by atoms with E-state index in [2.05, 4.69) is 25.6 Å². The van der Waals surface area contributed by atoms with Crippen LogP contribution in [0.1, 0.15) is 31.0 Å². The molecule has 0 bridgehead atoms. The third-order valence-corrected chi connectivity index (χ3v) is 4.93. The van der Waals surface area contributed by atoms with Crippen LogP contribution in [0.3, 0.4) is 0 Å². The minimum atomic E-state index is -4.51. The number of halogens is 5. The first-order valence-corrected chi connectivity index (χ1v) is 9.91. The number of anilines is 1. The van der Waals surface area contributed by atoms with Crippen molar-refractivity contribution < 1.29 is 17.6 Å². The van der Waals surface area contributed by atoms with Gasteiger partial charge in [0.05, 0.1) is 6.54 Å². The zero-order chi connectivity index (χ0) is 21.7. The summed E-state index contributed by atoms with van der Waals surface area (Å²) < 4.78 is 54.0. The monoisotopic (exact) mass is 554 g/mol. The molecule has 0 atom stereocenters. The minimum absolute atomic E-state index is 0. The quantitative estimate of drug-likeness (QED) is 0.255. The molecule has 0 aliphatic carbocycles. The Morgan fingerprint density at radius 3 is 2.58 bits per heavy atom. The van der Waals surface area contributed by atoms with E-state index in [9.17, 15) is 17.6 Å². The van der Waals surface area contributed by atoms with Gasteiger partial charge in [-0.25, -0.2) is 9.38 Å². The number of nitrogens with one attached hydrogen (secondary N) is 2. The summed E-state index contributed by atoms with van der Waals surface area (Å²) in [4.78, 5) is 6.45. The van der Waals surface area contributed by atoms with Crippen LogP contribution in [0.2, 0.25) is 0 Å². The third-order valence-electron chi connectivity index (χ3n) is 4.93. The molecule has 0 unspecified atom stereocenters. The van der Waals surface area contributed by atoms with Gasteiger partial charge in [-0.15, -0.1) is 24.0 Å². The van der Waals surface area contributed by atoms with Gasteiger partial charge in [0.15, 0.2) is 11.7 Å². The van der Waals surface area contributed by atoms with E-state index >= 15 is 0 Å². The molecule has 0 amide bonds. The lowest BCUT2D eigenvalue weighted by Crippen LogP contribution is -2.48. The van der Waals surface area contributed by atoms with Crippen LogP contribution >= 0.6 is 24.0 Å². The number of alkyl halides is 3. The Balaban J connectivity index is 0.00000341. The highest BCUT2D eigenvalue weighted by atomic mass is 127. The highest BCUT2D eigenvalue weighted by molar-refractivity contribution is 14.0. The number of hydrogen-bond donors (Lipinski definition) is 2. The first kappa shape index (κ1) is 25.2. The molecule has 1 fully saturated rings. The van der Waals surface area contributed by atoms with Gasteiger partial charge in [0.2, 0.25) is 0 Å². The molecular formula is C20H27F4IN6. The second kappa shape index (κ2) is 11.0. The molecule has 6 nitrogen and oxygen atoms in total. The van der Waals surface area contributed by atoms with E-state index in [0.29, 0.717) is 12.5 Å². The van der Waals surface area contributed by atoms with Gasteiger partial charge in [-0.3, -0.25) is 4.68 Å².